The highest BCUT2D eigenvalue weighted by Gasteiger charge is 2.26. The minimum Gasteiger partial charge on any atom is -0.385 e. The number of benzene rings is 2. The number of aliphatic hydroxyl groups is 1. The molecule has 3 N–H and O–H groups in total. The Hall–Kier alpha value is -5.03. The lowest BCUT2D eigenvalue weighted by Gasteiger charge is -2.27. The van der Waals surface area contributed by atoms with Crippen molar-refractivity contribution in [1.29, 1.82) is 0 Å². The molecule has 13 heteroatoms. The van der Waals surface area contributed by atoms with Crippen LogP contribution < -0.4 is 5.73 Å². The smallest absolute Gasteiger partial charge is 0.161 e. The molecule has 3 aliphatic rings. The van der Waals surface area contributed by atoms with Crippen LogP contribution in [0, 0.1) is 39.6 Å². The van der Waals surface area contributed by atoms with Crippen molar-refractivity contribution >= 4 is 22.6 Å². The highest BCUT2D eigenvalue weighted by atomic mass is 127. The van der Waals surface area contributed by atoms with Crippen LogP contribution >= 0.6 is 22.6 Å². The van der Waals surface area contributed by atoms with Gasteiger partial charge in [-0.2, -0.15) is 0 Å². The lowest BCUT2D eigenvalue weighted by molar-refractivity contribution is -0.188. The molecule has 5 heterocycles. The topological polar surface area (TPSA) is 152 Å². The second-order valence-electron chi connectivity index (χ2n) is 15.6. The molecule has 2 aliphatic carbocycles. The summed E-state index contributed by atoms with van der Waals surface area (Å²) in [4.78, 5) is 8.77. The molecule has 63 heavy (non-hydrogen) atoms. The average molecular weight is 968 g/mol. The number of imidazole rings is 2. The van der Waals surface area contributed by atoms with Crippen LogP contribution in [0.15, 0.2) is 94.5 Å². The molecule has 1 aliphatic heterocycles. The molecular weight excluding hydrogens is 905 g/mol. The van der Waals surface area contributed by atoms with Crippen molar-refractivity contribution in [2.24, 2.45) is 17.6 Å². The van der Waals surface area contributed by atoms with Crippen molar-refractivity contribution < 1.29 is 23.6 Å². The number of terminal acetylenes is 1. The second-order valence-corrected chi connectivity index (χ2v) is 16.9. The van der Waals surface area contributed by atoms with Crippen LogP contribution in [0.5, 0.6) is 0 Å². The highest BCUT2D eigenvalue weighted by Crippen LogP contribution is 2.32. The van der Waals surface area contributed by atoms with E-state index in [1.165, 1.54) is 29.3 Å². The fourth-order valence-corrected chi connectivity index (χ4v) is 7.36. The van der Waals surface area contributed by atoms with E-state index in [-0.39, 0.29) is 39.3 Å². The van der Waals surface area contributed by atoms with Crippen LogP contribution in [0.2, 0.25) is 0 Å². The first-order valence-corrected chi connectivity index (χ1v) is 22.3. The molecule has 6 aromatic rings. The molecule has 0 amide bonds. The van der Waals surface area contributed by atoms with Crippen molar-refractivity contribution in [3.05, 3.63) is 118 Å². The predicted molar refractivity (Wildman–Crippen MR) is 255 cm³/mol. The summed E-state index contributed by atoms with van der Waals surface area (Å²) in [6.45, 7) is 6.91. The fraction of sp³-hybridized carbons (Fsp3) is 0.440. The van der Waals surface area contributed by atoms with Gasteiger partial charge in [-0.15, -0.1) is 12.3 Å². The van der Waals surface area contributed by atoms with E-state index in [0.717, 1.165) is 72.0 Å². The lowest BCUT2D eigenvalue weighted by Crippen LogP contribution is -2.25. The third kappa shape index (κ3) is 13.3. The predicted octanol–water partition coefficient (Wildman–Crippen LogP) is 10.9. The quantitative estimate of drug-likeness (QED) is 0.0895. The Kier molecular flexibility index (Phi) is 18.3. The number of aliphatic hydroxyl groups excluding tert-OH is 1. The van der Waals surface area contributed by atoms with Gasteiger partial charge in [0, 0.05) is 82.2 Å². The summed E-state index contributed by atoms with van der Waals surface area (Å²) in [5.41, 5.74) is 10.6. The van der Waals surface area contributed by atoms with Crippen molar-refractivity contribution in [1.82, 2.24) is 29.4 Å². The van der Waals surface area contributed by atoms with Crippen LogP contribution in [0.3, 0.4) is 0 Å². The third-order valence-electron chi connectivity index (χ3n) is 10.8. The third-order valence-corrected chi connectivity index (χ3v) is 11.5. The summed E-state index contributed by atoms with van der Waals surface area (Å²) < 4.78 is 28.3. The first-order chi connectivity index (χ1) is 29.7. The van der Waals surface area contributed by atoms with E-state index in [9.17, 15) is 5.11 Å². The van der Waals surface area contributed by atoms with E-state index in [1.54, 1.807) is 19.3 Å². The fourth-order valence-electron chi connectivity index (χ4n) is 7.00. The van der Waals surface area contributed by atoms with Crippen molar-refractivity contribution in [2.75, 3.05) is 13.2 Å². The van der Waals surface area contributed by atoms with Gasteiger partial charge in [0.05, 0.1) is 6.04 Å². The van der Waals surface area contributed by atoms with Crippen LogP contribution in [0.25, 0.3) is 22.5 Å². The minimum absolute atomic E-state index is 0. The molecule has 9 rings (SSSR count). The highest BCUT2D eigenvalue weighted by molar-refractivity contribution is 14.1. The summed E-state index contributed by atoms with van der Waals surface area (Å²) in [5, 5.41) is 18.4. The second kappa shape index (κ2) is 23.6. The van der Waals surface area contributed by atoms with Gasteiger partial charge in [-0.3, -0.25) is 0 Å². The number of aromatic nitrogens is 6. The molecule has 3 fully saturated rings. The van der Waals surface area contributed by atoms with Gasteiger partial charge in [0.2, 0.25) is 0 Å². The summed E-state index contributed by atoms with van der Waals surface area (Å²) in [5.74, 6) is 13.2. The van der Waals surface area contributed by atoms with Crippen molar-refractivity contribution in [2.45, 2.75) is 118 Å². The number of nitrogens with zero attached hydrogens (tertiary/aromatic N) is 6. The zero-order valence-electron chi connectivity index (χ0n) is 35.0. The van der Waals surface area contributed by atoms with Crippen LogP contribution in [0.1, 0.15) is 140 Å². The summed E-state index contributed by atoms with van der Waals surface area (Å²) in [7, 11) is 0. The molecule has 0 radical (unpaired) electrons. The molecule has 1 saturated heterocycles. The van der Waals surface area contributed by atoms with E-state index in [0.29, 0.717) is 30.0 Å². The SMILES string of the molecule is C.C.C#CC1CC1.CC[C@H](c1cc(-c2ccc(I)cc2)no1)n1ccnc1[C@H](C)OC1CCCCO1.C[C@H](O)c1nccn1[C@H](CN)c1cc(-c2ccc(C#CC3CC3)cc2)no1. The van der Waals surface area contributed by atoms with E-state index in [2.05, 4.69) is 96.4 Å². The zero-order chi connectivity index (χ0) is 42.7. The van der Waals surface area contributed by atoms with Gasteiger partial charge in [0.15, 0.2) is 17.8 Å². The van der Waals surface area contributed by atoms with Crippen LogP contribution in [0.4, 0.5) is 0 Å². The van der Waals surface area contributed by atoms with Crippen LogP contribution in [-0.4, -0.2) is 54.0 Å². The van der Waals surface area contributed by atoms with Crippen LogP contribution in [-0.2, 0) is 9.47 Å². The number of hydrogen-bond donors (Lipinski definition) is 2. The van der Waals surface area contributed by atoms with Gasteiger partial charge < -0.3 is 38.5 Å². The van der Waals surface area contributed by atoms with E-state index in [1.807, 2.05) is 60.3 Å². The molecule has 12 nitrogen and oxygen atoms in total. The van der Waals surface area contributed by atoms with E-state index < -0.39 is 6.10 Å². The van der Waals surface area contributed by atoms with Gasteiger partial charge >= 0.3 is 0 Å². The largest absolute Gasteiger partial charge is 0.385 e. The molecule has 2 aromatic carbocycles. The first kappa shape index (κ1) is 49.0. The molecule has 1 unspecified atom stereocenters. The lowest BCUT2D eigenvalue weighted by atomic mass is 10.1. The van der Waals surface area contributed by atoms with Gasteiger partial charge in [-0.05, 0) is 112 Å². The molecule has 0 bridgehead atoms. The Morgan fingerprint density at radius 1 is 0.825 bits per heavy atom. The Labute approximate surface area is 386 Å². The molecule has 2 saturated carbocycles. The first-order valence-electron chi connectivity index (χ1n) is 21.2. The Morgan fingerprint density at radius 2 is 1.40 bits per heavy atom. The maximum atomic E-state index is 9.89. The number of ether oxygens (including phenoxy) is 2. The van der Waals surface area contributed by atoms with Crippen molar-refractivity contribution in [3.63, 3.8) is 0 Å². The summed E-state index contributed by atoms with van der Waals surface area (Å²) in [6.07, 6.45) is 20.2. The standard InChI is InChI=1S/C22H26IN3O3.C21H22N4O2.C5H6.2CH4/c1-3-19(20-14-18(25-29-20)16-7-9-17(23)10-8-16)26-12-11-24-22(26)15(2)28-21-6-4-5-13-27-21;1-14(26)21-23-10-11-25(21)19(13-22)20-12-18(24-27-20)17-8-6-16(7-9-17)5-4-15-2-3-15;1-2-5-3-4-5;;/h7-12,14-15,19,21H,3-6,13H2,1-2H3;6-12,14-15,19,26H,2-3,13,22H2,1H3;1,5H,3-4H2;2*1H4/t15-,19+,21?;14-,19+;;;/m00.../s1. The number of rotatable bonds is 12. The summed E-state index contributed by atoms with van der Waals surface area (Å²) >= 11 is 2.30. The molecule has 5 atom stereocenters. The molecular formula is C50H62IN7O5. The molecule has 334 valence electrons. The van der Waals surface area contributed by atoms with Gasteiger partial charge in [-0.1, -0.05) is 68.2 Å². The van der Waals surface area contributed by atoms with Gasteiger partial charge in [0.1, 0.15) is 41.3 Å². The average Bonchev–Trinajstić information content (AvgIpc) is 3.99. The Balaban J connectivity index is 0.000000208. The monoisotopic (exact) mass is 967 g/mol. The molecule has 4 aromatic heterocycles. The minimum atomic E-state index is -0.694. The van der Waals surface area contributed by atoms with E-state index >= 15 is 0 Å². The molecule has 0 spiro atoms. The Bertz CT molecular complexity index is 2380. The number of nitrogens with two attached hydrogens (primary N) is 1. The normalized spacial score (nSPS) is 17.3. The summed E-state index contributed by atoms with van der Waals surface area (Å²) in [6, 6.07) is 19.9. The van der Waals surface area contributed by atoms with Gasteiger partial charge in [0.25, 0.3) is 0 Å². The maximum Gasteiger partial charge on any atom is 0.161 e. The zero-order valence-corrected chi connectivity index (χ0v) is 37.1. The maximum absolute atomic E-state index is 9.89. The van der Waals surface area contributed by atoms with E-state index in [4.69, 9.17) is 30.7 Å². The van der Waals surface area contributed by atoms with Gasteiger partial charge in [-0.25, -0.2) is 9.97 Å². The Morgan fingerprint density at radius 3 is 1.90 bits per heavy atom. The van der Waals surface area contributed by atoms with Crippen molar-refractivity contribution in [3.8, 4) is 46.7 Å². The number of hydrogen-bond acceptors (Lipinski definition) is 10. The number of halogens is 1.